The highest BCUT2D eigenvalue weighted by molar-refractivity contribution is 6.15. The molecule has 0 aromatic heterocycles. The maximum Gasteiger partial charge on any atom is 0.231 e. The number of phenols is 1. The van der Waals surface area contributed by atoms with Crippen LogP contribution in [0.25, 0.3) is 6.08 Å². The Labute approximate surface area is 147 Å². The van der Waals surface area contributed by atoms with Crippen molar-refractivity contribution in [2.75, 3.05) is 21.2 Å². The zero-order chi connectivity index (χ0) is 18.1. The lowest BCUT2D eigenvalue weighted by Crippen LogP contribution is -2.11. The van der Waals surface area contributed by atoms with Crippen molar-refractivity contribution >= 4 is 11.9 Å². The lowest BCUT2D eigenvalue weighted by atomic mass is 10.0. The topological polar surface area (TPSA) is 59.0 Å². The number of ether oxygens (including phenoxy) is 2. The van der Waals surface area contributed by atoms with Gasteiger partial charge in [0.1, 0.15) is 17.2 Å². The number of Topliss-reactive ketones (excluding diaryl/α,β-unsaturated/α-hetero) is 1. The second-order valence-electron chi connectivity index (χ2n) is 6.34. The van der Waals surface area contributed by atoms with Crippen LogP contribution in [0.5, 0.6) is 17.2 Å². The Hall–Kier alpha value is -2.79. The summed E-state index contributed by atoms with van der Waals surface area (Å²) in [4.78, 5) is 14.7. The summed E-state index contributed by atoms with van der Waals surface area (Å²) in [6.45, 7) is 2.31. The minimum absolute atomic E-state index is 0.172. The maximum absolute atomic E-state index is 12.7. The van der Waals surface area contributed by atoms with Crippen LogP contribution >= 0.6 is 0 Å². The van der Waals surface area contributed by atoms with Gasteiger partial charge < -0.3 is 19.5 Å². The molecule has 0 aliphatic carbocycles. The summed E-state index contributed by atoms with van der Waals surface area (Å²) in [5.74, 6) is 1.44. The normalized spacial score (nSPS) is 14.8. The summed E-state index contributed by atoms with van der Waals surface area (Å²) >= 11 is 0. The number of benzene rings is 2. The van der Waals surface area contributed by atoms with E-state index in [0.29, 0.717) is 29.0 Å². The highest BCUT2D eigenvalue weighted by atomic mass is 16.5. The first-order valence-electron chi connectivity index (χ1n) is 7.99. The molecule has 1 aliphatic heterocycles. The maximum atomic E-state index is 12.7. The molecule has 25 heavy (non-hydrogen) atoms. The summed E-state index contributed by atoms with van der Waals surface area (Å²) < 4.78 is 10.9. The van der Waals surface area contributed by atoms with Gasteiger partial charge in [-0.2, -0.15) is 0 Å². The van der Waals surface area contributed by atoms with Crippen molar-refractivity contribution in [3.8, 4) is 17.2 Å². The SMILES string of the molecule is COc1ccc(C=C2Oc3c(cc(CN(C)C)c(O)c3C)C2=O)cc1. The summed E-state index contributed by atoms with van der Waals surface area (Å²) in [6, 6.07) is 9.08. The molecule has 0 radical (unpaired) electrons. The first-order chi connectivity index (χ1) is 11.9. The van der Waals surface area contributed by atoms with E-state index < -0.39 is 0 Å². The van der Waals surface area contributed by atoms with E-state index in [-0.39, 0.29) is 17.3 Å². The van der Waals surface area contributed by atoms with Crippen LogP contribution in [0.2, 0.25) is 0 Å². The molecule has 1 N–H and O–H groups in total. The van der Waals surface area contributed by atoms with Crippen LogP contribution in [0.4, 0.5) is 0 Å². The molecule has 0 atom stereocenters. The number of carbonyl (C=O) groups excluding carboxylic acids is 1. The third-order valence-electron chi connectivity index (χ3n) is 4.14. The van der Waals surface area contributed by atoms with Gasteiger partial charge in [-0.25, -0.2) is 0 Å². The third kappa shape index (κ3) is 3.23. The molecule has 5 heteroatoms. The van der Waals surface area contributed by atoms with E-state index in [2.05, 4.69) is 0 Å². The van der Waals surface area contributed by atoms with E-state index in [1.54, 1.807) is 26.2 Å². The van der Waals surface area contributed by atoms with Crippen molar-refractivity contribution in [3.63, 3.8) is 0 Å². The van der Waals surface area contributed by atoms with Crippen LogP contribution in [0.15, 0.2) is 36.1 Å². The van der Waals surface area contributed by atoms with Crippen molar-refractivity contribution < 1.29 is 19.4 Å². The van der Waals surface area contributed by atoms with Crippen molar-refractivity contribution in [2.24, 2.45) is 0 Å². The van der Waals surface area contributed by atoms with Crippen LogP contribution in [-0.4, -0.2) is 37.0 Å². The number of fused-ring (bicyclic) bond motifs is 1. The number of hydrogen-bond donors (Lipinski definition) is 1. The van der Waals surface area contributed by atoms with Gasteiger partial charge in [0.05, 0.1) is 12.7 Å². The average molecular weight is 339 g/mol. The number of ketones is 1. The number of nitrogens with zero attached hydrogens (tertiary/aromatic N) is 1. The fourth-order valence-corrected chi connectivity index (χ4v) is 2.86. The standard InChI is InChI=1S/C20H21NO4/c1-12-18(22)14(11-21(2)3)10-16-19(23)17(25-20(12)16)9-13-5-7-15(24-4)8-6-13/h5-10,22H,11H2,1-4H3. The van der Waals surface area contributed by atoms with Gasteiger partial charge in [0, 0.05) is 17.7 Å². The Morgan fingerprint density at radius 2 is 1.92 bits per heavy atom. The second-order valence-corrected chi connectivity index (χ2v) is 6.34. The minimum atomic E-state index is -0.172. The van der Waals surface area contributed by atoms with E-state index in [1.807, 2.05) is 43.3 Å². The number of phenolic OH excluding ortho intramolecular Hbond substituents is 1. The molecule has 0 unspecified atom stereocenters. The number of aromatic hydroxyl groups is 1. The lowest BCUT2D eigenvalue weighted by Gasteiger charge is -2.14. The summed E-state index contributed by atoms with van der Waals surface area (Å²) in [5, 5.41) is 10.4. The zero-order valence-electron chi connectivity index (χ0n) is 14.8. The molecule has 0 fully saturated rings. The molecule has 0 amide bonds. The zero-order valence-corrected chi connectivity index (χ0v) is 14.8. The third-order valence-corrected chi connectivity index (χ3v) is 4.14. The smallest absolute Gasteiger partial charge is 0.231 e. The Morgan fingerprint density at radius 3 is 2.52 bits per heavy atom. The summed E-state index contributed by atoms with van der Waals surface area (Å²) in [7, 11) is 5.43. The Morgan fingerprint density at radius 1 is 1.24 bits per heavy atom. The average Bonchev–Trinajstić information content (AvgIpc) is 2.89. The van der Waals surface area contributed by atoms with Gasteiger partial charge in [0.15, 0.2) is 5.76 Å². The van der Waals surface area contributed by atoms with E-state index in [4.69, 9.17) is 9.47 Å². The van der Waals surface area contributed by atoms with Gasteiger partial charge in [-0.15, -0.1) is 0 Å². The fourth-order valence-electron chi connectivity index (χ4n) is 2.86. The number of methoxy groups -OCH3 is 1. The molecule has 2 aromatic carbocycles. The van der Waals surface area contributed by atoms with Gasteiger partial charge in [-0.3, -0.25) is 4.79 Å². The van der Waals surface area contributed by atoms with Crippen LogP contribution in [0.1, 0.15) is 27.0 Å². The highest BCUT2D eigenvalue weighted by Crippen LogP contribution is 2.41. The first-order valence-corrected chi connectivity index (χ1v) is 7.99. The molecule has 1 heterocycles. The quantitative estimate of drug-likeness (QED) is 0.865. The molecule has 0 bridgehead atoms. The van der Waals surface area contributed by atoms with Gasteiger partial charge in [-0.05, 0) is 50.9 Å². The predicted molar refractivity (Wildman–Crippen MR) is 96.2 cm³/mol. The van der Waals surface area contributed by atoms with Crippen LogP contribution in [-0.2, 0) is 6.54 Å². The van der Waals surface area contributed by atoms with E-state index in [0.717, 1.165) is 11.3 Å². The van der Waals surface area contributed by atoms with Gasteiger partial charge in [0.25, 0.3) is 0 Å². The summed E-state index contributed by atoms with van der Waals surface area (Å²) in [6.07, 6.45) is 1.70. The largest absolute Gasteiger partial charge is 0.507 e. The number of allylic oxidation sites excluding steroid dienone is 1. The van der Waals surface area contributed by atoms with Crippen LogP contribution in [0, 0.1) is 6.92 Å². The molecular formula is C20H21NO4. The predicted octanol–water partition coefficient (Wildman–Crippen LogP) is 3.39. The Kier molecular flexibility index (Phi) is 4.51. The fraction of sp³-hybridized carbons (Fsp3) is 0.250. The highest BCUT2D eigenvalue weighted by Gasteiger charge is 2.31. The Balaban J connectivity index is 1.97. The second kappa shape index (κ2) is 6.61. The molecule has 130 valence electrons. The van der Waals surface area contributed by atoms with Crippen LogP contribution < -0.4 is 9.47 Å². The minimum Gasteiger partial charge on any atom is -0.507 e. The molecule has 3 rings (SSSR count). The number of carbonyl (C=O) groups is 1. The van der Waals surface area contributed by atoms with Crippen molar-refractivity contribution in [2.45, 2.75) is 13.5 Å². The van der Waals surface area contributed by atoms with Crippen LogP contribution in [0.3, 0.4) is 0 Å². The van der Waals surface area contributed by atoms with Crippen molar-refractivity contribution in [1.82, 2.24) is 4.90 Å². The number of hydrogen-bond acceptors (Lipinski definition) is 5. The van der Waals surface area contributed by atoms with E-state index in [1.165, 1.54) is 0 Å². The molecule has 2 aromatic rings. The molecular weight excluding hydrogens is 318 g/mol. The van der Waals surface area contributed by atoms with Crippen molar-refractivity contribution in [3.05, 3.63) is 58.3 Å². The van der Waals surface area contributed by atoms with Gasteiger partial charge in [0.2, 0.25) is 5.78 Å². The van der Waals surface area contributed by atoms with E-state index in [9.17, 15) is 9.90 Å². The molecule has 1 aliphatic rings. The monoisotopic (exact) mass is 339 g/mol. The van der Waals surface area contributed by atoms with Gasteiger partial charge in [-0.1, -0.05) is 12.1 Å². The molecule has 0 spiro atoms. The van der Waals surface area contributed by atoms with E-state index >= 15 is 0 Å². The summed E-state index contributed by atoms with van der Waals surface area (Å²) in [5.41, 5.74) is 2.63. The molecule has 0 saturated heterocycles. The first kappa shape index (κ1) is 17.0. The lowest BCUT2D eigenvalue weighted by molar-refractivity contribution is 0.101. The van der Waals surface area contributed by atoms with Gasteiger partial charge >= 0.3 is 0 Å². The molecule has 5 nitrogen and oxygen atoms in total. The Bertz CT molecular complexity index is 851. The molecule has 0 saturated carbocycles. The number of rotatable bonds is 4. The van der Waals surface area contributed by atoms with Crippen molar-refractivity contribution in [1.29, 1.82) is 0 Å².